The Morgan fingerprint density at radius 2 is 1.71 bits per heavy atom. The molecule has 1 aromatic heterocycles. The highest BCUT2D eigenvalue weighted by molar-refractivity contribution is 6.30. The Bertz CT molecular complexity index is 1280. The number of nitrogens with one attached hydrogen (secondary N) is 2. The molecule has 2 N–H and O–H groups in total. The highest BCUT2D eigenvalue weighted by Crippen LogP contribution is 2.32. The van der Waals surface area contributed by atoms with Gasteiger partial charge in [0, 0.05) is 35.8 Å². The molecule has 1 aliphatic rings. The fourth-order valence-electron chi connectivity index (χ4n) is 5.06. The van der Waals surface area contributed by atoms with Crippen LogP contribution in [0, 0.1) is 0 Å². The van der Waals surface area contributed by atoms with Crippen LogP contribution in [0.25, 0.3) is 0 Å². The normalized spacial score (nSPS) is 14.1. The first kappa shape index (κ1) is 30.1. The van der Waals surface area contributed by atoms with Crippen LogP contribution >= 0.6 is 11.6 Å². The summed E-state index contributed by atoms with van der Waals surface area (Å²) in [6.45, 7) is 2.42. The Morgan fingerprint density at radius 1 is 0.976 bits per heavy atom. The summed E-state index contributed by atoms with van der Waals surface area (Å²) in [5.41, 5.74) is 1.22. The van der Waals surface area contributed by atoms with E-state index in [4.69, 9.17) is 16.3 Å². The van der Waals surface area contributed by atoms with Crippen LogP contribution in [-0.2, 0) is 14.4 Å². The third-order valence-electron chi connectivity index (χ3n) is 7.07. The van der Waals surface area contributed by atoms with Gasteiger partial charge in [0.15, 0.2) is 0 Å². The van der Waals surface area contributed by atoms with Crippen molar-refractivity contribution in [1.29, 1.82) is 0 Å². The maximum atomic E-state index is 13.9. The first-order valence-corrected chi connectivity index (χ1v) is 14.6. The van der Waals surface area contributed by atoms with Gasteiger partial charge in [-0.2, -0.15) is 0 Å². The lowest BCUT2D eigenvalue weighted by Gasteiger charge is -2.33. The second-order valence-electron chi connectivity index (χ2n) is 10.1. The number of anilines is 2. The molecular weight excluding hydrogens is 540 g/mol. The number of pyridine rings is 1. The second kappa shape index (κ2) is 15.2. The molecule has 0 saturated heterocycles. The van der Waals surface area contributed by atoms with E-state index in [1.165, 1.54) is 4.90 Å². The molecule has 9 heteroatoms. The molecule has 216 valence electrons. The Balaban J connectivity index is 1.58. The average Bonchev–Trinajstić information content (AvgIpc) is 2.98. The van der Waals surface area contributed by atoms with Crippen molar-refractivity contribution in [2.75, 3.05) is 16.8 Å². The number of hydrogen-bond donors (Lipinski definition) is 2. The number of ether oxygens (including phenoxy) is 1. The predicted octanol–water partition coefficient (Wildman–Crippen LogP) is 6.47. The Labute approximate surface area is 246 Å². The van der Waals surface area contributed by atoms with Crippen molar-refractivity contribution in [1.82, 2.24) is 10.3 Å². The van der Waals surface area contributed by atoms with E-state index in [1.54, 1.807) is 72.9 Å². The molecule has 3 amide bonds. The molecule has 0 bridgehead atoms. The predicted molar refractivity (Wildman–Crippen MR) is 161 cm³/mol. The number of halogens is 1. The highest BCUT2D eigenvalue weighted by atomic mass is 35.5. The smallest absolute Gasteiger partial charge is 0.248 e. The molecule has 41 heavy (non-hydrogen) atoms. The first-order chi connectivity index (χ1) is 19.9. The van der Waals surface area contributed by atoms with Crippen molar-refractivity contribution in [2.45, 2.75) is 70.4 Å². The van der Waals surface area contributed by atoms with Gasteiger partial charge in [-0.1, -0.05) is 49.1 Å². The van der Waals surface area contributed by atoms with Gasteiger partial charge in [0.05, 0.1) is 6.61 Å². The summed E-state index contributed by atoms with van der Waals surface area (Å²) >= 11 is 6.18. The average molecular weight is 577 g/mol. The molecule has 0 radical (unpaired) electrons. The zero-order valence-electron chi connectivity index (χ0n) is 23.4. The van der Waals surface area contributed by atoms with Crippen molar-refractivity contribution in [3.8, 4) is 5.75 Å². The van der Waals surface area contributed by atoms with Gasteiger partial charge in [-0.15, -0.1) is 0 Å². The number of rotatable bonds is 12. The fourth-order valence-corrected chi connectivity index (χ4v) is 5.19. The van der Waals surface area contributed by atoms with Gasteiger partial charge in [0.1, 0.15) is 17.6 Å². The van der Waals surface area contributed by atoms with Gasteiger partial charge in [0.2, 0.25) is 17.7 Å². The van der Waals surface area contributed by atoms with E-state index >= 15 is 0 Å². The molecule has 2 aromatic carbocycles. The lowest BCUT2D eigenvalue weighted by molar-refractivity contribution is -0.127. The molecule has 1 unspecified atom stereocenters. The number of amides is 3. The van der Waals surface area contributed by atoms with Crippen LogP contribution in [0.15, 0.2) is 72.9 Å². The van der Waals surface area contributed by atoms with Gasteiger partial charge in [0.25, 0.3) is 0 Å². The summed E-state index contributed by atoms with van der Waals surface area (Å²) in [4.78, 5) is 46.0. The minimum Gasteiger partial charge on any atom is -0.494 e. The number of carbonyl (C=O) groups excluding carboxylic acids is 3. The lowest BCUT2D eigenvalue weighted by atomic mass is 9.94. The van der Waals surface area contributed by atoms with Crippen LogP contribution in [0.2, 0.25) is 5.02 Å². The van der Waals surface area contributed by atoms with Crippen molar-refractivity contribution < 1.29 is 19.1 Å². The summed E-state index contributed by atoms with van der Waals surface area (Å²) < 4.78 is 5.60. The third-order valence-corrected chi connectivity index (χ3v) is 7.32. The van der Waals surface area contributed by atoms with Crippen LogP contribution < -0.4 is 20.3 Å². The van der Waals surface area contributed by atoms with Crippen molar-refractivity contribution >= 4 is 40.8 Å². The Hall–Kier alpha value is -3.91. The summed E-state index contributed by atoms with van der Waals surface area (Å²) in [6, 6.07) is 18.6. The summed E-state index contributed by atoms with van der Waals surface area (Å²) in [6.07, 6.45) is 7.26. The van der Waals surface area contributed by atoms with Gasteiger partial charge >= 0.3 is 0 Å². The summed E-state index contributed by atoms with van der Waals surface area (Å²) in [5.74, 6) is 0.396. The number of nitrogens with zero attached hydrogens (tertiary/aromatic N) is 2. The highest BCUT2D eigenvalue weighted by Gasteiger charge is 2.34. The van der Waals surface area contributed by atoms with Crippen LogP contribution in [-0.4, -0.2) is 35.4 Å². The number of carbonyl (C=O) groups is 3. The van der Waals surface area contributed by atoms with Crippen LogP contribution in [0.3, 0.4) is 0 Å². The Morgan fingerprint density at radius 3 is 2.37 bits per heavy atom. The number of aromatic nitrogens is 1. The summed E-state index contributed by atoms with van der Waals surface area (Å²) in [5, 5.41) is 6.50. The Kier molecular flexibility index (Phi) is 11.1. The molecule has 3 aromatic rings. The molecule has 1 atom stereocenters. The zero-order valence-corrected chi connectivity index (χ0v) is 24.1. The van der Waals surface area contributed by atoms with E-state index in [-0.39, 0.29) is 36.6 Å². The molecule has 0 spiro atoms. The molecule has 8 nitrogen and oxygen atoms in total. The first-order valence-electron chi connectivity index (χ1n) is 14.3. The van der Waals surface area contributed by atoms with E-state index < -0.39 is 6.04 Å². The van der Waals surface area contributed by atoms with Gasteiger partial charge in [-0.25, -0.2) is 4.98 Å². The lowest BCUT2D eigenvalue weighted by Crippen LogP contribution is -2.47. The van der Waals surface area contributed by atoms with E-state index in [1.807, 2.05) is 6.92 Å². The van der Waals surface area contributed by atoms with Gasteiger partial charge in [-0.05, 0) is 80.3 Å². The van der Waals surface area contributed by atoms with Crippen LogP contribution in [0.4, 0.5) is 11.5 Å². The molecular formula is C32H37ClN4O4. The largest absolute Gasteiger partial charge is 0.494 e. The SMILES string of the molecule is CCOc1ccc(N(C(=O)CCCC(=O)Nc2ccccn2)C(C(=O)NC2CCCCC2)c2ccc(Cl)cc2)cc1. The van der Waals surface area contributed by atoms with Crippen LogP contribution in [0.1, 0.15) is 69.9 Å². The molecule has 1 saturated carbocycles. The van der Waals surface area contributed by atoms with E-state index in [2.05, 4.69) is 15.6 Å². The topological polar surface area (TPSA) is 101 Å². The van der Waals surface area contributed by atoms with E-state index in [0.29, 0.717) is 40.9 Å². The standard InChI is InChI=1S/C32H37ClN4O4/c1-2-41-27-20-18-26(19-21-27)37(30(39)13-8-12-29(38)36-28-11-6-7-22-34-28)31(23-14-16-24(33)17-15-23)32(40)35-25-9-4-3-5-10-25/h6-7,11,14-22,25,31H,2-5,8-10,12-13H2,1H3,(H,35,40)(H,34,36,38). The minimum atomic E-state index is -0.915. The zero-order chi connectivity index (χ0) is 29.0. The van der Waals surface area contributed by atoms with Crippen LogP contribution in [0.5, 0.6) is 5.75 Å². The minimum absolute atomic E-state index is 0.0682. The van der Waals surface area contributed by atoms with Crippen molar-refractivity contribution in [3.05, 3.63) is 83.5 Å². The number of hydrogen-bond acceptors (Lipinski definition) is 5. The quantitative estimate of drug-likeness (QED) is 0.257. The number of benzene rings is 2. The van der Waals surface area contributed by atoms with Crippen molar-refractivity contribution in [2.24, 2.45) is 0 Å². The third kappa shape index (κ3) is 8.79. The molecule has 4 rings (SSSR count). The maximum absolute atomic E-state index is 13.9. The molecule has 1 fully saturated rings. The van der Waals surface area contributed by atoms with Gasteiger partial charge in [-0.3, -0.25) is 19.3 Å². The molecule has 0 aliphatic heterocycles. The molecule has 1 heterocycles. The van der Waals surface area contributed by atoms with E-state index in [0.717, 1.165) is 32.1 Å². The van der Waals surface area contributed by atoms with E-state index in [9.17, 15) is 14.4 Å². The fraction of sp³-hybridized carbons (Fsp3) is 0.375. The monoisotopic (exact) mass is 576 g/mol. The summed E-state index contributed by atoms with van der Waals surface area (Å²) in [7, 11) is 0. The maximum Gasteiger partial charge on any atom is 0.248 e. The van der Waals surface area contributed by atoms with Gasteiger partial charge < -0.3 is 15.4 Å². The molecule has 1 aliphatic carbocycles. The second-order valence-corrected chi connectivity index (χ2v) is 10.5. The van der Waals surface area contributed by atoms with Crippen molar-refractivity contribution in [3.63, 3.8) is 0 Å².